The summed E-state index contributed by atoms with van der Waals surface area (Å²) in [4.78, 5) is 4.47. The van der Waals surface area contributed by atoms with E-state index >= 15 is 0 Å². The molecular formula is C9H9BrN4. The van der Waals surface area contributed by atoms with E-state index in [9.17, 15) is 0 Å². The van der Waals surface area contributed by atoms with Crippen LogP contribution >= 0.6 is 15.9 Å². The van der Waals surface area contributed by atoms with Crippen LogP contribution < -0.4 is 0 Å². The Morgan fingerprint density at radius 3 is 3.00 bits per heavy atom. The largest absolute Gasteiger partial charge is 0.232 e. The third kappa shape index (κ3) is 1.15. The van der Waals surface area contributed by atoms with E-state index in [-0.39, 0.29) is 0 Å². The Kier molecular flexibility index (Phi) is 1.65. The molecule has 0 aliphatic heterocycles. The third-order valence-electron chi connectivity index (χ3n) is 2.41. The SMILES string of the molecule is Cc1cc(Br)c2nnn(C3CC3)c2n1. The molecule has 5 heteroatoms. The van der Waals surface area contributed by atoms with E-state index in [1.54, 1.807) is 0 Å². The maximum atomic E-state index is 4.47. The molecule has 0 saturated heterocycles. The average molecular weight is 253 g/mol. The van der Waals surface area contributed by atoms with Crippen molar-refractivity contribution in [3.05, 3.63) is 16.2 Å². The molecule has 0 radical (unpaired) electrons. The van der Waals surface area contributed by atoms with Gasteiger partial charge in [0.15, 0.2) is 5.65 Å². The van der Waals surface area contributed by atoms with E-state index in [0.29, 0.717) is 6.04 Å². The molecule has 2 aromatic heterocycles. The Hall–Kier alpha value is -0.970. The van der Waals surface area contributed by atoms with Gasteiger partial charge >= 0.3 is 0 Å². The smallest absolute Gasteiger partial charge is 0.180 e. The standard InChI is InChI=1S/C9H9BrN4/c1-5-4-7(10)8-9(11-5)14(13-12-8)6-2-3-6/h4,6H,2-3H2,1H3. The zero-order valence-corrected chi connectivity index (χ0v) is 9.32. The van der Waals surface area contributed by atoms with Gasteiger partial charge in [0.2, 0.25) is 0 Å². The van der Waals surface area contributed by atoms with E-state index in [0.717, 1.165) is 21.3 Å². The monoisotopic (exact) mass is 252 g/mol. The first kappa shape index (κ1) is 8.35. The highest BCUT2D eigenvalue weighted by Gasteiger charge is 2.27. The Balaban J connectivity index is 2.33. The lowest BCUT2D eigenvalue weighted by Crippen LogP contribution is -1.98. The molecule has 4 nitrogen and oxygen atoms in total. The Morgan fingerprint density at radius 1 is 1.50 bits per heavy atom. The first-order valence-corrected chi connectivity index (χ1v) is 5.43. The molecule has 0 bridgehead atoms. The number of rotatable bonds is 1. The minimum Gasteiger partial charge on any atom is -0.232 e. The second-order valence-electron chi connectivity index (χ2n) is 3.68. The molecule has 72 valence electrons. The summed E-state index contributed by atoms with van der Waals surface area (Å²) < 4.78 is 2.92. The van der Waals surface area contributed by atoms with Crippen molar-refractivity contribution in [1.82, 2.24) is 20.0 Å². The first-order valence-electron chi connectivity index (χ1n) is 4.64. The minimum atomic E-state index is 0.529. The van der Waals surface area contributed by atoms with E-state index in [4.69, 9.17) is 0 Å². The molecular weight excluding hydrogens is 244 g/mol. The van der Waals surface area contributed by atoms with E-state index in [2.05, 4.69) is 31.2 Å². The van der Waals surface area contributed by atoms with Crippen molar-refractivity contribution in [2.24, 2.45) is 0 Å². The molecule has 1 aliphatic carbocycles. The van der Waals surface area contributed by atoms with Crippen LogP contribution in [-0.2, 0) is 0 Å². The van der Waals surface area contributed by atoms with Gasteiger partial charge < -0.3 is 0 Å². The van der Waals surface area contributed by atoms with Gasteiger partial charge in [-0.2, -0.15) is 0 Å². The minimum absolute atomic E-state index is 0.529. The van der Waals surface area contributed by atoms with Crippen LogP contribution in [0.3, 0.4) is 0 Å². The van der Waals surface area contributed by atoms with Crippen LogP contribution in [0, 0.1) is 6.92 Å². The van der Waals surface area contributed by atoms with E-state index in [1.165, 1.54) is 12.8 Å². The highest BCUT2D eigenvalue weighted by molar-refractivity contribution is 9.10. The second kappa shape index (κ2) is 2.76. The average Bonchev–Trinajstić information content (AvgIpc) is 2.87. The summed E-state index contributed by atoms with van der Waals surface area (Å²) in [6.45, 7) is 1.98. The quantitative estimate of drug-likeness (QED) is 0.782. The zero-order valence-electron chi connectivity index (χ0n) is 7.74. The summed E-state index contributed by atoms with van der Waals surface area (Å²) in [5, 5.41) is 8.26. The fraction of sp³-hybridized carbons (Fsp3) is 0.444. The van der Waals surface area contributed by atoms with Crippen molar-refractivity contribution >= 4 is 27.1 Å². The van der Waals surface area contributed by atoms with Gasteiger partial charge in [-0.15, -0.1) is 5.10 Å². The lowest BCUT2D eigenvalue weighted by molar-refractivity contribution is 0.624. The highest BCUT2D eigenvalue weighted by atomic mass is 79.9. The third-order valence-corrected chi connectivity index (χ3v) is 3.01. The fourth-order valence-corrected chi connectivity index (χ4v) is 2.15. The second-order valence-corrected chi connectivity index (χ2v) is 4.54. The van der Waals surface area contributed by atoms with E-state index in [1.807, 2.05) is 17.7 Å². The van der Waals surface area contributed by atoms with Gasteiger partial charge in [-0.05, 0) is 41.8 Å². The molecule has 1 saturated carbocycles. The molecule has 3 rings (SSSR count). The van der Waals surface area contributed by atoms with Crippen LogP contribution in [0.5, 0.6) is 0 Å². The maximum absolute atomic E-state index is 4.47. The molecule has 2 aromatic rings. The Bertz CT molecular complexity index is 501. The van der Waals surface area contributed by atoms with Crippen molar-refractivity contribution in [1.29, 1.82) is 0 Å². The Labute approximate surface area is 89.4 Å². The van der Waals surface area contributed by atoms with Crippen molar-refractivity contribution < 1.29 is 0 Å². The number of pyridine rings is 1. The normalized spacial score (nSPS) is 16.4. The maximum Gasteiger partial charge on any atom is 0.180 e. The summed E-state index contributed by atoms with van der Waals surface area (Å²) in [6, 6.07) is 2.50. The molecule has 0 spiro atoms. The Morgan fingerprint density at radius 2 is 2.29 bits per heavy atom. The van der Waals surface area contributed by atoms with Gasteiger partial charge in [0.05, 0.1) is 10.5 Å². The van der Waals surface area contributed by atoms with Gasteiger partial charge in [0.25, 0.3) is 0 Å². The molecule has 0 amide bonds. The lowest BCUT2D eigenvalue weighted by Gasteiger charge is -1.99. The summed E-state index contributed by atoms with van der Waals surface area (Å²) in [5.74, 6) is 0. The number of nitrogens with zero attached hydrogens (tertiary/aromatic N) is 4. The predicted molar refractivity (Wildman–Crippen MR) is 56.0 cm³/mol. The van der Waals surface area contributed by atoms with Crippen molar-refractivity contribution in [3.8, 4) is 0 Å². The van der Waals surface area contributed by atoms with Crippen LogP contribution in [-0.4, -0.2) is 20.0 Å². The van der Waals surface area contributed by atoms with Gasteiger partial charge in [0, 0.05) is 5.69 Å². The van der Waals surface area contributed by atoms with Crippen molar-refractivity contribution in [2.75, 3.05) is 0 Å². The number of fused-ring (bicyclic) bond motifs is 1. The van der Waals surface area contributed by atoms with Crippen LogP contribution in [0.15, 0.2) is 10.5 Å². The van der Waals surface area contributed by atoms with E-state index < -0.39 is 0 Å². The number of aromatic nitrogens is 4. The zero-order chi connectivity index (χ0) is 9.71. The molecule has 0 unspecified atom stereocenters. The molecule has 14 heavy (non-hydrogen) atoms. The van der Waals surface area contributed by atoms with Crippen LogP contribution in [0.25, 0.3) is 11.2 Å². The highest BCUT2D eigenvalue weighted by Crippen LogP contribution is 2.36. The molecule has 0 atom stereocenters. The fourth-order valence-electron chi connectivity index (χ4n) is 1.56. The molecule has 1 fully saturated rings. The van der Waals surface area contributed by atoms with Crippen LogP contribution in [0.4, 0.5) is 0 Å². The van der Waals surface area contributed by atoms with Gasteiger partial charge in [-0.1, -0.05) is 5.21 Å². The predicted octanol–water partition coefficient (Wildman–Crippen LogP) is 2.23. The molecule has 0 N–H and O–H groups in total. The van der Waals surface area contributed by atoms with Crippen molar-refractivity contribution in [2.45, 2.75) is 25.8 Å². The van der Waals surface area contributed by atoms with Crippen LogP contribution in [0.1, 0.15) is 24.6 Å². The number of halogens is 1. The lowest BCUT2D eigenvalue weighted by atomic mass is 10.3. The van der Waals surface area contributed by atoms with Gasteiger partial charge in [0.1, 0.15) is 5.52 Å². The number of hydrogen-bond acceptors (Lipinski definition) is 3. The van der Waals surface area contributed by atoms with Crippen LogP contribution in [0.2, 0.25) is 0 Å². The summed E-state index contributed by atoms with van der Waals surface area (Å²) in [5.41, 5.74) is 2.76. The topological polar surface area (TPSA) is 43.6 Å². The van der Waals surface area contributed by atoms with Gasteiger partial charge in [-0.25, -0.2) is 9.67 Å². The first-order chi connectivity index (χ1) is 6.75. The number of hydrogen-bond donors (Lipinski definition) is 0. The molecule has 1 aliphatic rings. The summed E-state index contributed by atoms with van der Waals surface area (Å²) in [7, 11) is 0. The number of aryl methyl sites for hydroxylation is 1. The summed E-state index contributed by atoms with van der Waals surface area (Å²) in [6.07, 6.45) is 2.40. The van der Waals surface area contributed by atoms with Gasteiger partial charge in [-0.3, -0.25) is 0 Å². The molecule has 2 heterocycles. The molecule has 0 aromatic carbocycles. The summed E-state index contributed by atoms with van der Waals surface area (Å²) >= 11 is 3.47. The van der Waals surface area contributed by atoms with Crippen molar-refractivity contribution in [3.63, 3.8) is 0 Å².